The Bertz CT molecular complexity index is 3480. The van der Waals surface area contributed by atoms with Crippen LogP contribution in [0.5, 0.6) is 46.0 Å². The molecule has 0 bridgehead atoms. The summed E-state index contributed by atoms with van der Waals surface area (Å²) < 4.78 is 96.9. The van der Waals surface area contributed by atoms with Crippen LogP contribution in [0, 0.1) is 60.7 Å². The van der Waals surface area contributed by atoms with Crippen LogP contribution in [0.25, 0.3) is 14.5 Å². The quantitative estimate of drug-likeness (QED) is 0.0281. The van der Waals surface area contributed by atoms with Crippen molar-refractivity contribution >= 4 is 0 Å². The van der Waals surface area contributed by atoms with Crippen LogP contribution in [-0.2, 0) is 35.9 Å². The first-order valence-corrected chi connectivity index (χ1v) is 32.4. The van der Waals surface area contributed by atoms with Gasteiger partial charge in [0.15, 0.2) is 69.3 Å². The summed E-state index contributed by atoms with van der Waals surface area (Å²) >= 11 is 0. The third kappa shape index (κ3) is 21.7. The van der Waals surface area contributed by atoms with E-state index in [0.717, 1.165) is 124 Å². The average molecular weight is 1320 g/mol. The van der Waals surface area contributed by atoms with E-state index in [9.17, 15) is 17.6 Å². The molecule has 3 atom stereocenters. The highest BCUT2D eigenvalue weighted by atomic mass is 19.1. The Hall–Kier alpha value is -8.21. The molecule has 6 rings (SSSR count). The lowest BCUT2D eigenvalue weighted by atomic mass is 9.77. The summed E-state index contributed by atoms with van der Waals surface area (Å²) in [4.78, 5) is 18.9. The third-order valence-corrected chi connectivity index (χ3v) is 18.2. The van der Waals surface area contributed by atoms with Crippen LogP contribution in [0.1, 0.15) is 113 Å². The molecule has 0 spiro atoms. The minimum Gasteiger partial charge on any atom is -0.494 e. The number of benzene rings is 6. The van der Waals surface area contributed by atoms with E-state index in [1.165, 1.54) is 58.3 Å². The van der Waals surface area contributed by atoms with Gasteiger partial charge in [-0.3, -0.25) is 0 Å². The molecular formula is C77H102F4N6O8. The van der Waals surface area contributed by atoms with E-state index in [4.69, 9.17) is 57.6 Å². The fraction of sp³-hybridized carbons (Fsp3) is 0.494. The molecule has 6 aromatic carbocycles. The van der Waals surface area contributed by atoms with Gasteiger partial charge in [0.2, 0.25) is 0 Å². The van der Waals surface area contributed by atoms with Gasteiger partial charge in [-0.25, -0.2) is 37.3 Å². The standard InChI is InChI=1S/2C26H35FN2O3.C25H32F2N2O2/c1-19(2)26(28-3,21-10-11-22(27)24(18-21)31-6)14-8-15-29(4)16-13-20-9-12-23(30-5)25(17-20)32-7;1-19(2)26(28-3,21-10-12-23(30-5)25(18-21)32-7)14-8-15-29(4)16-13-20-9-11-22(27)24(17-20)31-6;1-18(2)25(28-3,20-9-11-22(27)24(17-20)31-6)13-7-14-29(4)15-12-19-8-10-21(26)23(16-19)30-5/h2*9-12,17-19H,8,13-16H2,1-2,4-7H3;8-11,16-18H,7,12-15H2,1-2,4-6H3. The van der Waals surface area contributed by atoms with Crippen molar-refractivity contribution in [2.24, 2.45) is 17.8 Å². The normalized spacial score (nSPS) is 13.1. The van der Waals surface area contributed by atoms with Gasteiger partial charge in [0.1, 0.15) is 0 Å². The van der Waals surface area contributed by atoms with E-state index in [1.54, 1.807) is 77.0 Å². The van der Waals surface area contributed by atoms with E-state index < -0.39 is 28.3 Å². The first-order chi connectivity index (χ1) is 45.4. The molecule has 0 aromatic heterocycles. The van der Waals surface area contributed by atoms with Gasteiger partial charge in [0, 0.05) is 73.3 Å². The summed E-state index contributed by atoms with van der Waals surface area (Å²) in [6.07, 6.45) is 7.16. The molecule has 0 aliphatic rings. The Labute approximate surface area is 564 Å². The molecule has 0 fully saturated rings. The molecule has 0 aliphatic carbocycles. The number of hydrogen-bond acceptors (Lipinski definition) is 11. The summed E-state index contributed by atoms with van der Waals surface area (Å²) in [5.41, 5.74) is 3.75. The molecule has 0 saturated heterocycles. The predicted octanol–water partition coefficient (Wildman–Crippen LogP) is 16.9. The van der Waals surface area contributed by atoms with Crippen molar-refractivity contribution in [2.75, 3.05) is 117 Å². The second kappa shape index (κ2) is 39.0. The number of hydrogen-bond donors (Lipinski definition) is 0. The van der Waals surface area contributed by atoms with Gasteiger partial charge in [0.05, 0.1) is 56.9 Å². The molecule has 95 heavy (non-hydrogen) atoms. The van der Waals surface area contributed by atoms with Gasteiger partial charge >= 0.3 is 0 Å². The maximum absolute atomic E-state index is 13.9. The largest absolute Gasteiger partial charge is 0.494 e. The zero-order valence-electron chi connectivity index (χ0n) is 59.2. The minimum absolute atomic E-state index is 0.0668. The monoisotopic (exact) mass is 1310 g/mol. The molecule has 0 N–H and O–H groups in total. The number of ether oxygens (including phenoxy) is 8. The van der Waals surface area contributed by atoms with Crippen molar-refractivity contribution in [2.45, 2.75) is 116 Å². The lowest BCUT2D eigenvalue weighted by molar-refractivity contribution is 0.287. The van der Waals surface area contributed by atoms with E-state index >= 15 is 0 Å². The van der Waals surface area contributed by atoms with Crippen LogP contribution in [-0.4, -0.2) is 132 Å². The van der Waals surface area contributed by atoms with E-state index in [2.05, 4.69) is 77.1 Å². The highest BCUT2D eigenvalue weighted by molar-refractivity contribution is 5.47. The SMILES string of the molecule is [C-]#[N+]C(CCCN(C)CCc1ccc(F)c(OC)c1)(c1ccc(F)c(OC)c1)C(C)C.[C-]#[N+]C(CCCN(C)CCc1ccc(F)c(OC)c1)(c1ccc(OC)c(OC)c1)C(C)C.[C-]#[N+]C(CCCN(C)CCc1ccc(OC)c(OC)c1)(c1ccc(F)c(OC)c1)C(C)C. The summed E-state index contributed by atoms with van der Waals surface area (Å²) in [7, 11) is 18.5. The number of nitrogens with zero attached hydrogens (tertiary/aromatic N) is 6. The summed E-state index contributed by atoms with van der Waals surface area (Å²) in [6.45, 7) is 41.4. The van der Waals surface area contributed by atoms with Crippen molar-refractivity contribution in [3.8, 4) is 46.0 Å². The van der Waals surface area contributed by atoms with Crippen LogP contribution in [0.4, 0.5) is 17.6 Å². The number of likely N-dealkylation sites (N-methyl/N-ethyl adjacent to an activating group) is 3. The molecule has 3 unspecified atom stereocenters. The Morgan fingerprint density at radius 1 is 0.326 bits per heavy atom. The number of halogens is 4. The zero-order chi connectivity index (χ0) is 70.5. The highest BCUT2D eigenvalue weighted by Gasteiger charge is 2.45. The zero-order valence-corrected chi connectivity index (χ0v) is 59.2. The summed E-state index contributed by atoms with van der Waals surface area (Å²) in [5, 5.41) is 0. The molecule has 0 aliphatic heterocycles. The highest BCUT2D eigenvalue weighted by Crippen LogP contribution is 2.44. The lowest BCUT2D eigenvalue weighted by Crippen LogP contribution is -2.31. The van der Waals surface area contributed by atoms with Gasteiger partial charge in [0.25, 0.3) is 16.6 Å². The topological polar surface area (TPSA) is 96.6 Å². The van der Waals surface area contributed by atoms with Crippen LogP contribution >= 0.6 is 0 Å². The fourth-order valence-electron chi connectivity index (χ4n) is 11.9. The molecule has 0 saturated carbocycles. The van der Waals surface area contributed by atoms with Crippen LogP contribution < -0.4 is 37.9 Å². The first-order valence-electron chi connectivity index (χ1n) is 32.4. The van der Waals surface area contributed by atoms with E-state index in [0.29, 0.717) is 24.3 Å². The Morgan fingerprint density at radius 3 is 0.842 bits per heavy atom. The first kappa shape index (κ1) is 79.2. The van der Waals surface area contributed by atoms with Crippen molar-refractivity contribution in [3.05, 3.63) is 200 Å². The van der Waals surface area contributed by atoms with Crippen molar-refractivity contribution in [3.63, 3.8) is 0 Å². The maximum atomic E-state index is 13.9. The molecule has 6 aromatic rings. The van der Waals surface area contributed by atoms with Crippen molar-refractivity contribution < 1.29 is 55.5 Å². The van der Waals surface area contributed by atoms with Gasteiger partial charge in [-0.15, -0.1) is 0 Å². The Kier molecular flexibility index (Phi) is 32.5. The van der Waals surface area contributed by atoms with Crippen LogP contribution in [0.15, 0.2) is 109 Å². The lowest BCUT2D eigenvalue weighted by Gasteiger charge is -2.28. The average Bonchev–Trinajstić information content (AvgIpc) is 0.814. The van der Waals surface area contributed by atoms with Gasteiger partial charge in [-0.1, -0.05) is 59.7 Å². The van der Waals surface area contributed by atoms with Crippen molar-refractivity contribution in [1.82, 2.24) is 14.7 Å². The predicted molar refractivity (Wildman–Crippen MR) is 372 cm³/mol. The minimum atomic E-state index is -0.730. The maximum Gasteiger partial charge on any atom is 0.259 e. The van der Waals surface area contributed by atoms with Gasteiger partial charge < -0.3 is 67.1 Å². The molecular weight excluding hydrogens is 1210 g/mol. The van der Waals surface area contributed by atoms with Crippen LogP contribution in [0.2, 0.25) is 0 Å². The van der Waals surface area contributed by atoms with Gasteiger partial charge in [-0.05, 0) is 187 Å². The third-order valence-electron chi connectivity index (χ3n) is 18.2. The second-order valence-electron chi connectivity index (χ2n) is 24.9. The molecule has 14 nitrogen and oxygen atoms in total. The molecule has 516 valence electrons. The Morgan fingerprint density at radius 2 is 0.558 bits per heavy atom. The molecule has 18 heteroatoms. The molecule has 0 radical (unpaired) electrons. The van der Waals surface area contributed by atoms with E-state index in [-0.39, 0.29) is 52.4 Å². The number of methoxy groups -OCH3 is 8. The van der Waals surface area contributed by atoms with Crippen LogP contribution in [0.3, 0.4) is 0 Å². The van der Waals surface area contributed by atoms with Crippen molar-refractivity contribution in [1.29, 1.82) is 0 Å². The van der Waals surface area contributed by atoms with Gasteiger partial charge in [-0.2, -0.15) is 0 Å². The van der Waals surface area contributed by atoms with E-state index in [1.807, 2.05) is 51.2 Å². The number of rotatable bonds is 35. The second-order valence-corrected chi connectivity index (χ2v) is 24.9. The smallest absolute Gasteiger partial charge is 0.259 e. The Balaban J connectivity index is 0.000000303. The fourth-order valence-corrected chi connectivity index (χ4v) is 11.9. The molecule has 0 heterocycles. The molecule has 0 amide bonds. The summed E-state index contributed by atoms with van der Waals surface area (Å²) in [6, 6.07) is 31.2. The summed E-state index contributed by atoms with van der Waals surface area (Å²) in [5.74, 6) is 2.42.